The van der Waals surface area contributed by atoms with E-state index < -0.39 is 0 Å². The lowest BCUT2D eigenvalue weighted by atomic mass is 10.1. The highest BCUT2D eigenvalue weighted by molar-refractivity contribution is 6.31. The normalized spacial score (nSPS) is 13.0. The molecule has 2 N–H and O–H groups in total. The van der Waals surface area contributed by atoms with Crippen LogP contribution in [-0.4, -0.2) is 27.3 Å². The smallest absolute Gasteiger partial charge is 0.192 e. The summed E-state index contributed by atoms with van der Waals surface area (Å²) < 4.78 is 1.94. The summed E-state index contributed by atoms with van der Waals surface area (Å²) in [7, 11) is 1.94. The van der Waals surface area contributed by atoms with E-state index in [-0.39, 0.29) is 6.04 Å². The second-order valence-electron chi connectivity index (χ2n) is 5.31. The van der Waals surface area contributed by atoms with Gasteiger partial charge in [-0.1, -0.05) is 29.8 Å². The highest BCUT2D eigenvalue weighted by atomic mass is 35.5. The number of halogens is 1. The third-order valence-electron chi connectivity index (χ3n) is 3.63. The highest BCUT2D eigenvalue weighted by Gasteiger charge is 2.11. The van der Waals surface area contributed by atoms with E-state index in [2.05, 4.69) is 32.7 Å². The Morgan fingerprint density at radius 3 is 2.70 bits per heavy atom. The molecule has 0 aliphatic carbocycles. The van der Waals surface area contributed by atoms with Crippen molar-refractivity contribution in [2.45, 2.75) is 33.4 Å². The molecule has 0 saturated carbocycles. The molecule has 6 nitrogen and oxygen atoms in total. The van der Waals surface area contributed by atoms with Gasteiger partial charge in [0.1, 0.15) is 12.4 Å². The highest BCUT2D eigenvalue weighted by Crippen LogP contribution is 2.21. The van der Waals surface area contributed by atoms with Crippen LogP contribution < -0.4 is 10.6 Å². The topological polar surface area (TPSA) is 67.1 Å². The minimum Gasteiger partial charge on any atom is -0.357 e. The maximum Gasteiger partial charge on any atom is 0.192 e. The monoisotopic (exact) mass is 334 g/mol. The van der Waals surface area contributed by atoms with E-state index in [1.807, 2.05) is 49.7 Å². The van der Waals surface area contributed by atoms with Crippen LogP contribution in [0.25, 0.3) is 0 Å². The summed E-state index contributed by atoms with van der Waals surface area (Å²) in [5, 5.41) is 15.5. The molecule has 0 spiro atoms. The lowest BCUT2D eigenvalue weighted by Gasteiger charge is -2.19. The van der Waals surface area contributed by atoms with E-state index in [4.69, 9.17) is 11.6 Å². The first kappa shape index (κ1) is 17.3. The molecule has 0 saturated heterocycles. The van der Waals surface area contributed by atoms with Gasteiger partial charge in [-0.25, -0.2) is 4.99 Å². The van der Waals surface area contributed by atoms with Gasteiger partial charge in [0, 0.05) is 18.6 Å². The Morgan fingerprint density at radius 2 is 2.09 bits per heavy atom. The van der Waals surface area contributed by atoms with Gasteiger partial charge in [0.05, 0.1) is 6.04 Å². The summed E-state index contributed by atoms with van der Waals surface area (Å²) in [6, 6.07) is 7.85. The molecule has 0 bridgehead atoms. The molecular weight excluding hydrogens is 312 g/mol. The molecule has 1 aromatic carbocycles. The third kappa shape index (κ3) is 4.45. The number of hydrogen-bond acceptors (Lipinski definition) is 3. The Labute approximate surface area is 142 Å². The molecule has 2 aromatic rings. The summed E-state index contributed by atoms with van der Waals surface area (Å²) >= 11 is 6.25. The first-order valence-electron chi connectivity index (χ1n) is 7.67. The van der Waals surface area contributed by atoms with E-state index in [9.17, 15) is 0 Å². The van der Waals surface area contributed by atoms with Crippen LogP contribution in [0, 0.1) is 6.92 Å². The summed E-state index contributed by atoms with van der Waals surface area (Å²) in [4.78, 5) is 4.58. The van der Waals surface area contributed by atoms with Crippen LogP contribution in [0.5, 0.6) is 0 Å². The second-order valence-corrected chi connectivity index (χ2v) is 5.71. The van der Waals surface area contributed by atoms with Crippen molar-refractivity contribution in [2.75, 3.05) is 6.54 Å². The fourth-order valence-corrected chi connectivity index (χ4v) is 2.47. The lowest BCUT2D eigenvalue weighted by Crippen LogP contribution is -2.38. The average molecular weight is 335 g/mol. The maximum atomic E-state index is 6.25. The van der Waals surface area contributed by atoms with Crippen LogP contribution in [0.1, 0.15) is 37.1 Å². The maximum absolute atomic E-state index is 6.25. The van der Waals surface area contributed by atoms with Crippen molar-refractivity contribution in [1.82, 2.24) is 25.4 Å². The molecule has 1 heterocycles. The Bertz CT molecular complexity index is 679. The summed E-state index contributed by atoms with van der Waals surface area (Å²) in [6.07, 6.45) is 0. The van der Waals surface area contributed by atoms with Gasteiger partial charge in [-0.2, -0.15) is 0 Å². The standard InChI is InChI=1S/C16H23ClN6/c1-5-18-16(19-10-15-22-21-12(3)23(15)4)20-11(2)13-8-6-7-9-14(13)17/h6-9,11H,5,10H2,1-4H3,(H2,18,19,20). The zero-order chi connectivity index (χ0) is 16.8. The summed E-state index contributed by atoms with van der Waals surface area (Å²) in [5.74, 6) is 2.42. The summed E-state index contributed by atoms with van der Waals surface area (Å²) in [5.41, 5.74) is 1.04. The molecule has 1 aromatic heterocycles. The molecule has 1 atom stereocenters. The van der Waals surface area contributed by atoms with Gasteiger partial charge in [-0.05, 0) is 32.4 Å². The van der Waals surface area contributed by atoms with Crippen molar-refractivity contribution >= 4 is 17.6 Å². The first-order chi connectivity index (χ1) is 11.0. The van der Waals surface area contributed by atoms with Gasteiger partial charge in [0.2, 0.25) is 0 Å². The van der Waals surface area contributed by atoms with E-state index in [0.29, 0.717) is 6.54 Å². The Morgan fingerprint density at radius 1 is 1.35 bits per heavy atom. The van der Waals surface area contributed by atoms with E-state index in [0.717, 1.165) is 34.7 Å². The van der Waals surface area contributed by atoms with Crippen molar-refractivity contribution in [1.29, 1.82) is 0 Å². The Balaban J connectivity index is 2.10. The molecule has 0 fully saturated rings. The number of benzene rings is 1. The number of rotatable bonds is 5. The molecule has 2 rings (SSSR count). The number of nitrogens with one attached hydrogen (secondary N) is 2. The zero-order valence-electron chi connectivity index (χ0n) is 14.0. The van der Waals surface area contributed by atoms with Crippen molar-refractivity contribution in [2.24, 2.45) is 12.0 Å². The van der Waals surface area contributed by atoms with Crippen LogP contribution >= 0.6 is 11.6 Å². The van der Waals surface area contributed by atoms with Crippen LogP contribution in [0.15, 0.2) is 29.3 Å². The molecule has 124 valence electrons. The third-order valence-corrected chi connectivity index (χ3v) is 3.97. The van der Waals surface area contributed by atoms with Crippen LogP contribution in [0.3, 0.4) is 0 Å². The molecule has 23 heavy (non-hydrogen) atoms. The SMILES string of the molecule is CCNC(=NCc1nnc(C)n1C)NC(C)c1ccccc1Cl. The van der Waals surface area contributed by atoms with Crippen LogP contribution in [-0.2, 0) is 13.6 Å². The average Bonchev–Trinajstić information content (AvgIpc) is 2.85. The quantitative estimate of drug-likeness (QED) is 0.651. The first-order valence-corrected chi connectivity index (χ1v) is 8.04. The van der Waals surface area contributed by atoms with E-state index in [1.165, 1.54) is 0 Å². The zero-order valence-corrected chi connectivity index (χ0v) is 14.7. The summed E-state index contributed by atoms with van der Waals surface area (Å²) in [6.45, 7) is 7.24. The van der Waals surface area contributed by atoms with Crippen LogP contribution in [0.4, 0.5) is 0 Å². The fraction of sp³-hybridized carbons (Fsp3) is 0.438. The molecule has 0 radical (unpaired) electrons. The molecular formula is C16H23ClN6. The number of hydrogen-bond donors (Lipinski definition) is 2. The number of guanidine groups is 1. The number of aryl methyl sites for hydroxylation is 1. The van der Waals surface area contributed by atoms with Gasteiger partial charge in [0.25, 0.3) is 0 Å². The minimum atomic E-state index is 0.0442. The van der Waals surface area contributed by atoms with E-state index >= 15 is 0 Å². The van der Waals surface area contributed by atoms with Crippen molar-refractivity contribution < 1.29 is 0 Å². The Hall–Kier alpha value is -2.08. The largest absolute Gasteiger partial charge is 0.357 e. The molecule has 1 unspecified atom stereocenters. The fourth-order valence-electron chi connectivity index (χ4n) is 2.17. The van der Waals surface area contributed by atoms with E-state index in [1.54, 1.807) is 0 Å². The predicted molar refractivity (Wildman–Crippen MR) is 93.6 cm³/mol. The number of aromatic nitrogens is 3. The predicted octanol–water partition coefficient (Wildman–Crippen LogP) is 2.59. The van der Waals surface area contributed by atoms with Crippen molar-refractivity contribution in [3.63, 3.8) is 0 Å². The van der Waals surface area contributed by atoms with Gasteiger partial charge < -0.3 is 15.2 Å². The van der Waals surface area contributed by atoms with Crippen LogP contribution in [0.2, 0.25) is 5.02 Å². The van der Waals surface area contributed by atoms with Gasteiger partial charge in [-0.15, -0.1) is 10.2 Å². The van der Waals surface area contributed by atoms with Gasteiger partial charge >= 0.3 is 0 Å². The Kier molecular flexibility index (Phi) is 5.98. The van der Waals surface area contributed by atoms with Gasteiger partial charge in [-0.3, -0.25) is 0 Å². The number of aliphatic imine (C=N–C) groups is 1. The molecule has 7 heteroatoms. The van der Waals surface area contributed by atoms with Gasteiger partial charge in [0.15, 0.2) is 11.8 Å². The van der Waals surface area contributed by atoms with Crippen molar-refractivity contribution in [3.05, 3.63) is 46.5 Å². The minimum absolute atomic E-state index is 0.0442. The number of nitrogens with zero attached hydrogens (tertiary/aromatic N) is 4. The second kappa shape index (κ2) is 7.97. The molecule has 0 amide bonds. The van der Waals surface area contributed by atoms with Crippen molar-refractivity contribution in [3.8, 4) is 0 Å². The lowest BCUT2D eigenvalue weighted by molar-refractivity contribution is 0.681. The molecule has 0 aliphatic heterocycles. The molecule has 0 aliphatic rings.